The summed E-state index contributed by atoms with van der Waals surface area (Å²) in [4.78, 5) is 36.0. The molecule has 20 aromatic rings. The average Bonchev–Trinajstić information content (AvgIpc) is 0.754. The van der Waals surface area contributed by atoms with Crippen LogP contribution < -0.4 is 0 Å². The van der Waals surface area contributed by atoms with Gasteiger partial charge in [-0.3, -0.25) is 0 Å². The first-order valence-electron chi connectivity index (χ1n) is 37.7. The summed E-state index contributed by atoms with van der Waals surface area (Å²) in [6.07, 6.45) is 0. The van der Waals surface area contributed by atoms with Gasteiger partial charge in [0.2, 0.25) is 0 Å². The van der Waals surface area contributed by atoms with Gasteiger partial charge in [-0.05, 0) is 98.1 Å². The molecule has 0 aliphatic rings. The van der Waals surface area contributed by atoms with Crippen molar-refractivity contribution < 1.29 is 0 Å². The van der Waals surface area contributed by atoms with E-state index in [-0.39, 0.29) is 0 Å². The molecule has 0 aliphatic heterocycles. The molecule has 112 heavy (non-hydrogen) atoms. The summed E-state index contributed by atoms with van der Waals surface area (Å²) in [5.74, 6) is 0.709. The van der Waals surface area contributed by atoms with Gasteiger partial charge in [0.15, 0.2) is 5.82 Å². The molecule has 14 aromatic carbocycles. The van der Waals surface area contributed by atoms with Crippen molar-refractivity contribution in [3.63, 3.8) is 0 Å². The molecule has 0 atom stereocenters. The first kappa shape index (κ1) is 67.5. The van der Waals surface area contributed by atoms with Gasteiger partial charge in [-0.2, -0.15) is 0 Å². The van der Waals surface area contributed by atoms with Gasteiger partial charge in [-0.1, -0.05) is 376 Å². The van der Waals surface area contributed by atoms with E-state index in [0.717, 1.165) is 189 Å². The van der Waals surface area contributed by atoms with Crippen LogP contribution in [0.3, 0.4) is 0 Å². The van der Waals surface area contributed by atoms with E-state index in [1.807, 2.05) is 78.9 Å². The summed E-state index contributed by atoms with van der Waals surface area (Å²) in [5, 5.41) is 4.28. The standard InChI is InChI=1S/C53H35N3.C52H34N4/c1-5-13-36(14-6-1)45-33-49(41-17-9-3-10-18-41)54-50(34-45)43-27-23-38(24-28-43)37-21-25-39(26-22-37)47-35-51(42-19-11-4-12-20-42)56-53-46(47)31-29-44-30-32-48(55-52(44)53)40-15-7-2-8-16-40;1-5-13-38(14-6-1)46-32-30-42-29-31-44-45(33-47(39-15-7-2-8-16-39)54-51(44)50(42)53-46)37-25-21-35(22-26-37)36-23-27-41(28-24-36)49-34-48(40-17-9-3-10-18-40)55-52(56-49)43-19-11-4-12-20-43/h1-35H;1-34H. The lowest BCUT2D eigenvalue weighted by atomic mass is 9.94. The lowest BCUT2D eigenvalue weighted by Gasteiger charge is -2.14. The second-order valence-electron chi connectivity index (χ2n) is 27.9. The third-order valence-electron chi connectivity index (χ3n) is 20.8. The Hall–Kier alpha value is -15.1. The van der Waals surface area contributed by atoms with Crippen LogP contribution in [-0.4, -0.2) is 34.9 Å². The smallest absolute Gasteiger partial charge is 0.160 e. The van der Waals surface area contributed by atoms with Gasteiger partial charge in [-0.15, -0.1) is 0 Å². The minimum absolute atomic E-state index is 0.709. The zero-order chi connectivity index (χ0) is 74.5. The summed E-state index contributed by atoms with van der Waals surface area (Å²) in [6, 6.07) is 146. The molecule has 20 rings (SSSR count). The van der Waals surface area contributed by atoms with Crippen LogP contribution in [0.5, 0.6) is 0 Å². The number of aromatic nitrogens is 7. The van der Waals surface area contributed by atoms with Gasteiger partial charge in [0.1, 0.15) is 0 Å². The Bertz CT molecular complexity index is 6230. The molecule has 0 aliphatic carbocycles. The summed E-state index contributed by atoms with van der Waals surface area (Å²) >= 11 is 0. The van der Waals surface area contributed by atoms with Crippen LogP contribution in [0.2, 0.25) is 0 Å². The first-order chi connectivity index (χ1) is 55.5. The molecule has 0 saturated heterocycles. The molecule has 0 spiro atoms. The van der Waals surface area contributed by atoms with Gasteiger partial charge >= 0.3 is 0 Å². The minimum Gasteiger partial charge on any atom is -0.248 e. The third-order valence-corrected chi connectivity index (χ3v) is 20.8. The highest BCUT2D eigenvalue weighted by atomic mass is 14.9. The van der Waals surface area contributed by atoms with Crippen molar-refractivity contribution in [2.45, 2.75) is 0 Å². The van der Waals surface area contributed by atoms with Crippen molar-refractivity contribution in [3.8, 4) is 157 Å². The lowest BCUT2D eigenvalue weighted by Crippen LogP contribution is -1.95. The van der Waals surface area contributed by atoms with Gasteiger partial charge in [0, 0.05) is 71.6 Å². The van der Waals surface area contributed by atoms with E-state index in [1.54, 1.807) is 0 Å². The van der Waals surface area contributed by atoms with Gasteiger partial charge in [0.25, 0.3) is 0 Å². The lowest BCUT2D eigenvalue weighted by molar-refractivity contribution is 1.18. The summed E-state index contributed by atoms with van der Waals surface area (Å²) in [7, 11) is 0. The average molecular weight is 1430 g/mol. The van der Waals surface area contributed by atoms with Crippen LogP contribution in [0.25, 0.3) is 201 Å². The summed E-state index contributed by atoms with van der Waals surface area (Å²) in [6.45, 7) is 0. The Balaban J connectivity index is 0.000000151. The van der Waals surface area contributed by atoms with E-state index in [0.29, 0.717) is 5.82 Å². The Morgan fingerprint density at radius 3 is 0.688 bits per heavy atom. The van der Waals surface area contributed by atoms with Crippen molar-refractivity contribution in [2.24, 2.45) is 0 Å². The van der Waals surface area contributed by atoms with Gasteiger partial charge < -0.3 is 0 Å². The van der Waals surface area contributed by atoms with Crippen molar-refractivity contribution in [1.29, 1.82) is 0 Å². The predicted octanol–water partition coefficient (Wildman–Crippen LogP) is 27.1. The molecule has 7 heteroatoms. The molecule has 0 radical (unpaired) electrons. The van der Waals surface area contributed by atoms with E-state index in [1.165, 1.54) is 5.56 Å². The van der Waals surface area contributed by atoms with E-state index >= 15 is 0 Å². The van der Waals surface area contributed by atoms with Crippen molar-refractivity contribution in [1.82, 2.24) is 34.9 Å². The molecule has 0 fully saturated rings. The van der Waals surface area contributed by atoms with E-state index in [4.69, 9.17) is 34.9 Å². The fraction of sp³-hybridized carbons (Fsp3) is 0. The minimum atomic E-state index is 0.709. The molecule has 0 saturated carbocycles. The zero-order valence-corrected chi connectivity index (χ0v) is 61.0. The van der Waals surface area contributed by atoms with Crippen molar-refractivity contribution in [3.05, 3.63) is 419 Å². The van der Waals surface area contributed by atoms with Gasteiger partial charge in [0.05, 0.1) is 67.6 Å². The van der Waals surface area contributed by atoms with Gasteiger partial charge in [-0.25, -0.2) is 34.9 Å². The fourth-order valence-electron chi connectivity index (χ4n) is 14.9. The molecule has 0 N–H and O–H groups in total. The van der Waals surface area contributed by atoms with Crippen LogP contribution in [0.1, 0.15) is 0 Å². The van der Waals surface area contributed by atoms with E-state index < -0.39 is 0 Å². The highest BCUT2D eigenvalue weighted by molar-refractivity contribution is 6.11. The highest BCUT2D eigenvalue weighted by Crippen LogP contribution is 2.41. The van der Waals surface area contributed by atoms with Crippen LogP contribution in [0, 0.1) is 0 Å². The molecule has 0 amide bonds. The molecule has 7 nitrogen and oxygen atoms in total. The second kappa shape index (κ2) is 30.3. The largest absolute Gasteiger partial charge is 0.248 e. The summed E-state index contributed by atoms with van der Waals surface area (Å²) < 4.78 is 0. The number of fused-ring (bicyclic) bond motifs is 6. The zero-order valence-electron chi connectivity index (χ0n) is 61.0. The number of rotatable bonds is 14. The number of hydrogen-bond acceptors (Lipinski definition) is 7. The first-order valence-corrected chi connectivity index (χ1v) is 37.7. The Morgan fingerprint density at radius 1 is 0.125 bits per heavy atom. The molecular weight excluding hydrogens is 1360 g/mol. The normalized spacial score (nSPS) is 11.2. The molecule has 6 heterocycles. The van der Waals surface area contributed by atoms with E-state index in [9.17, 15) is 0 Å². The number of benzene rings is 14. The Morgan fingerprint density at radius 2 is 0.357 bits per heavy atom. The maximum Gasteiger partial charge on any atom is 0.160 e. The summed E-state index contributed by atoms with van der Waals surface area (Å²) in [5.41, 5.74) is 32.0. The third kappa shape index (κ3) is 14.0. The Labute approximate surface area is 650 Å². The monoisotopic (exact) mass is 1430 g/mol. The number of hydrogen-bond donors (Lipinski definition) is 0. The van der Waals surface area contributed by atoms with Crippen molar-refractivity contribution in [2.75, 3.05) is 0 Å². The Kier molecular flexibility index (Phi) is 18.3. The molecule has 0 unspecified atom stereocenters. The highest BCUT2D eigenvalue weighted by Gasteiger charge is 2.19. The maximum absolute atomic E-state index is 5.27. The molecule has 524 valence electrons. The maximum atomic E-state index is 5.27. The second-order valence-corrected chi connectivity index (χ2v) is 27.9. The van der Waals surface area contributed by atoms with Crippen LogP contribution in [-0.2, 0) is 0 Å². The number of pyridine rings is 5. The fourth-order valence-corrected chi connectivity index (χ4v) is 14.9. The molecule has 6 aromatic heterocycles. The molecular formula is C105H69N7. The van der Waals surface area contributed by atoms with Crippen LogP contribution >= 0.6 is 0 Å². The van der Waals surface area contributed by atoms with E-state index in [2.05, 4.69) is 340 Å². The van der Waals surface area contributed by atoms with Crippen molar-refractivity contribution >= 4 is 43.6 Å². The molecule has 0 bridgehead atoms. The predicted molar refractivity (Wildman–Crippen MR) is 464 cm³/mol. The number of nitrogens with zero attached hydrogens (tertiary/aromatic N) is 7. The van der Waals surface area contributed by atoms with Crippen LogP contribution in [0.4, 0.5) is 0 Å². The topological polar surface area (TPSA) is 90.2 Å². The SMILES string of the molecule is c1ccc(-c2cc(-c3ccc(-c4ccc(-c5cc(-c6ccccc6)nc6c5ccc5ccc(-c7ccccc7)nc56)cc4)cc3)nc(-c3ccccc3)n2)cc1.c1ccc(-c2cc(-c3ccccc3)nc(-c3ccc(-c4ccc(-c5cc(-c6ccccc6)nc6c5ccc5ccc(-c7ccccc7)nc56)cc4)cc3)c2)cc1. The van der Waals surface area contributed by atoms with Crippen LogP contribution in [0.15, 0.2) is 419 Å². The quantitative estimate of drug-likeness (QED) is 0.100.